The van der Waals surface area contributed by atoms with E-state index < -0.39 is 0 Å². The van der Waals surface area contributed by atoms with E-state index in [-0.39, 0.29) is 17.9 Å². The van der Waals surface area contributed by atoms with Gasteiger partial charge in [-0.1, -0.05) is 22.0 Å². The lowest BCUT2D eigenvalue weighted by Crippen LogP contribution is -2.25. The Balaban J connectivity index is 2.10. The molecule has 0 saturated carbocycles. The Kier molecular flexibility index (Phi) is 8.47. The average Bonchev–Trinajstić information content (AvgIpc) is 2.66. The van der Waals surface area contributed by atoms with E-state index >= 15 is 0 Å². The quantitative estimate of drug-likeness (QED) is 0.561. The largest absolute Gasteiger partial charge is 0.490 e. The zero-order valence-corrected chi connectivity index (χ0v) is 17.8. The molecule has 6 nitrogen and oxygen atoms in total. The summed E-state index contributed by atoms with van der Waals surface area (Å²) in [5.41, 5.74) is 1.42. The van der Waals surface area contributed by atoms with Crippen molar-refractivity contribution in [2.24, 2.45) is 0 Å². The summed E-state index contributed by atoms with van der Waals surface area (Å²) in [5, 5.41) is 5.66. The molecule has 28 heavy (non-hydrogen) atoms. The van der Waals surface area contributed by atoms with Crippen LogP contribution in [-0.2, 0) is 4.74 Å². The lowest BCUT2D eigenvalue weighted by atomic mass is 10.1. The fourth-order valence-electron chi connectivity index (χ4n) is 2.49. The zero-order chi connectivity index (χ0) is 20.5. The van der Waals surface area contributed by atoms with Crippen molar-refractivity contribution in [1.82, 2.24) is 5.32 Å². The first kappa shape index (κ1) is 21.9. The molecule has 0 atom stereocenters. The summed E-state index contributed by atoms with van der Waals surface area (Å²) >= 11 is 3.38. The Morgan fingerprint density at radius 1 is 1.11 bits per heavy atom. The van der Waals surface area contributed by atoms with Crippen LogP contribution < -0.4 is 15.4 Å². The van der Waals surface area contributed by atoms with E-state index in [4.69, 9.17) is 9.47 Å². The molecule has 0 fully saturated rings. The number of hydrogen-bond donors (Lipinski definition) is 2. The standard InChI is InChI=1S/C21H25BrN2O4/c1-14(2)28-19-9-8-16(22)13-18(19)21(26)24-17-7-4-6-15(12-17)20(25)23-10-5-11-27-3/h4,6-9,12-14H,5,10-11H2,1-3H3,(H,23,25)(H,24,26). The van der Waals surface area contributed by atoms with E-state index in [1.807, 2.05) is 19.9 Å². The van der Waals surface area contributed by atoms with Gasteiger partial charge in [-0.25, -0.2) is 0 Å². The summed E-state index contributed by atoms with van der Waals surface area (Å²) in [6, 6.07) is 12.1. The van der Waals surface area contributed by atoms with Crippen LogP contribution in [0.25, 0.3) is 0 Å². The summed E-state index contributed by atoms with van der Waals surface area (Å²) in [6.07, 6.45) is 0.679. The zero-order valence-electron chi connectivity index (χ0n) is 16.3. The maximum absolute atomic E-state index is 12.8. The fraction of sp³-hybridized carbons (Fsp3) is 0.333. The molecule has 0 saturated heterocycles. The van der Waals surface area contributed by atoms with E-state index in [0.717, 1.165) is 10.9 Å². The third-order valence-electron chi connectivity index (χ3n) is 3.74. The second-order valence-corrected chi connectivity index (χ2v) is 7.36. The van der Waals surface area contributed by atoms with Crippen LogP contribution in [0.15, 0.2) is 46.9 Å². The Labute approximate surface area is 173 Å². The van der Waals surface area contributed by atoms with Crippen LogP contribution in [0.3, 0.4) is 0 Å². The molecule has 0 radical (unpaired) electrons. The molecular weight excluding hydrogens is 424 g/mol. The number of amides is 2. The van der Waals surface area contributed by atoms with Gasteiger partial charge in [0.2, 0.25) is 0 Å². The molecule has 2 rings (SSSR count). The fourth-order valence-corrected chi connectivity index (χ4v) is 2.85. The minimum atomic E-state index is -0.311. The topological polar surface area (TPSA) is 76.7 Å². The molecule has 7 heteroatoms. The van der Waals surface area contributed by atoms with Gasteiger partial charge in [-0.15, -0.1) is 0 Å². The Morgan fingerprint density at radius 3 is 2.61 bits per heavy atom. The third-order valence-corrected chi connectivity index (χ3v) is 4.24. The molecule has 0 unspecified atom stereocenters. The van der Waals surface area contributed by atoms with Crippen LogP contribution in [0, 0.1) is 0 Å². The second-order valence-electron chi connectivity index (χ2n) is 6.44. The number of benzene rings is 2. The van der Waals surface area contributed by atoms with Gasteiger partial charge in [0, 0.05) is 36.0 Å². The predicted molar refractivity (Wildman–Crippen MR) is 113 cm³/mol. The van der Waals surface area contributed by atoms with Crippen LogP contribution in [0.5, 0.6) is 5.75 Å². The van der Waals surface area contributed by atoms with Crippen molar-refractivity contribution in [3.63, 3.8) is 0 Å². The van der Waals surface area contributed by atoms with Gasteiger partial charge < -0.3 is 20.1 Å². The molecule has 2 N–H and O–H groups in total. The van der Waals surface area contributed by atoms with Gasteiger partial charge in [-0.3, -0.25) is 9.59 Å². The van der Waals surface area contributed by atoms with Crippen molar-refractivity contribution in [2.75, 3.05) is 25.6 Å². The number of carbonyl (C=O) groups is 2. The number of nitrogens with one attached hydrogen (secondary N) is 2. The van der Waals surface area contributed by atoms with Crippen molar-refractivity contribution < 1.29 is 19.1 Å². The Bertz CT molecular complexity index is 824. The van der Waals surface area contributed by atoms with Crippen molar-refractivity contribution in [3.8, 4) is 5.75 Å². The number of hydrogen-bond acceptors (Lipinski definition) is 4. The molecule has 2 aromatic rings. The van der Waals surface area contributed by atoms with Gasteiger partial charge in [0.15, 0.2) is 0 Å². The molecule has 2 aromatic carbocycles. The summed E-state index contributed by atoms with van der Waals surface area (Å²) in [6.45, 7) is 4.91. The molecule has 0 bridgehead atoms. The highest BCUT2D eigenvalue weighted by molar-refractivity contribution is 9.10. The molecule has 0 aromatic heterocycles. The maximum Gasteiger partial charge on any atom is 0.259 e. The number of anilines is 1. The lowest BCUT2D eigenvalue weighted by molar-refractivity contribution is 0.0947. The maximum atomic E-state index is 12.8. The van der Waals surface area contributed by atoms with E-state index in [1.54, 1.807) is 43.5 Å². The van der Waals surface area contributed by atoms with Gasteiger partial charge in [-0.2, -0.15) is 0 Å². The smallest absolute Gasteiger partial charge is 0.259 e. The van der Waals surface area contributed by atoms with E-state index in [1.165, 1.54) is 0 Å². The van der Waals surface area contributed by atoms with Crippen LogP contribution in [-0.4, -0.2) is 38.2 Å². The van der Waals surface area contributed by atoms with Crippen LogP contribution >= 0.6 is 15.9 Å². The number of ether oxygens (including phenoxy) is 2. The lowest BCUT2D eigenvalue weighted by Gasteiger charge is -2.15. The summed E-state index contributed by atoms with van der Waals surface area (Å²) in [4.78, 5) is 25.0. The van der Waals surface area contributed by atoms with Gasteiger partial charge >= 0.3 is 0 Å². The second kappa shape index (κ2) is 10.8. The summed E-state index contributed by atoms with van der Waals surface area (Å²) in [5.74, 6) is -0.00386. The SMILES string of the molecule is COCCCNC(=O)c1cccc(NC(=O)c2cc(Br)ccc2OC(C)C)c1. The first-order chi connectivity index (χ1) is 13.4. The van der Waals surface area contributed by atoms with Crippen LogP contribution in [0.1, 0.15) is 41.0 Å². The highest BCUT2D eigenvalue weighted by Crippen LogP contribution is 2.25. The van der Waals surface area contributed by atoms with Crippen LogP contribution in [0.2, 0.25) is 0 Å². The monoisotopic (exact) mass is 448 g/mol. The Morgan fingerprint density at radius 2 is 1.89 bits per heavy atom. The normalized spacial score (nSPS) is 10.6. The molecule has 2 amide bonds. The highest BCUT2D eigenvalue weighted by atomic mass is 79.9. The van der Waals surface area contributed by atoms with Crippen molar-refractivity contribution in [2.45, 2.75) is 26.4 Å². The molecular formula is C21H25BrN2O4. The minimum Gasteiger partial charge on any atom is -0.490 e. The van der Waals surface area contributed by atoms with E-state index in [2.05, 4.69) is 26.6 Å². The van der Waals surface area contributed by atoms with Gasteiger partial charge in [0.1, 0.15) is 5.75 Å². The van der Waals surface area contributed by atoms with E-state index in [0.29, 0.717) is 35.7 Å². The van der Waals surface area contributed by atoms with Gasteiger partial charge in [0.05, 0.1) is 11.7 Å². The van der Waals surface area contributed by atoms with Crippen molar-refractivity contribution in [3.05, 3.63) is 58.1 Å². The van der Waals surface area contributed by atoms with Gasteiger partial charge in [0.25, 0.3) is 11.8 Å². The first-order valence-electron chi connectivity index (χ1n) is 9.05. The molecule has 0 aliphatic carbocycles. The number of carbonyl (C=O) groups excluding carboxylic acids is 2. The third kappa shape index (κ3) is 6.65. The molecule has 0 aliphatic heterocycles. The predicted octanol–water partition coefficient (Wildman–Crippen LogP) is 4.25. The number of halogens is 1. The molecule has 0 spiro atoms. The van der Waals surface area contributed by atoms with Crippen molar-refractivity contribution >= 4 is 33.4 Å². The van der Waals surface area contributed by atoms with Crippen molar-refractivity contribution in [1.29, 1.82) is 0 Å². The van der Waals surface area contributed by atoms with E-state index in [9.17, 15) is 9.59 Å². The molecule has 0 heterocycles. The molecule has 0 aliphatic rings. The average molecular weight is 449 g/mol. The summed E-state index contributed by atoms with van der Waals surface area (Å²) in [7, 11) is 1.62. The van der Waals surface area contributed by atoms with Gasteiger partial charge in [-0.05, 0) is 56.7 Å². The molecule has 150 valence electrons. The highest BCUT2D eigenvalue weighted by Gasteiger charge is 2.15. The minimum absolute atomic E-state index is 0.0575. The number of rotatable bonds is 9. The summed E-state index contributed by atoms with van der Waals surface area (Å²) < 4.78 is 11.5. The van der Waals surface area contributed by atoms with Crippen LogP contribution in [0.4, 0.5) is 5.69 Å². The first-order valence-corrected chi connectivity index (χ1v) is 9.84. The number of methoxy groups -OCH3 is 1. The Hall–Kier alpha value is -2.38.